The van der Waals surface area contributed by atoms with Crippen LogP contribution in [0.4, 0.5) is 0 Å². The van der Waals surface area contributed by atoms with Crippen molar-refractivity contribution in [3.05, 3.63) is 27.9 Å². The molecule has 0 unspecified atom stereocenters. The maximum atomic E-state index is 12.3. The molecule has 1 amide bonds. The zero-order valence-corrected chi connectivity index (χ0v) is 19.0. The zero-order chi connectivity index (χ0) is 24.3. The van der Waals surface area contributed by atoms with E-state index in [1.165, 1.54) is 18.9 Å². The van der Waals surface area contributed by atoms with Crippen LogP contribution < -0.4 is 16.6 Å². The number of carbonyl (C=O) groups excluding carboxylic acids is 1. The second-order valence-corrected chi connectivity index (χ2v) is 8.11. The number of carbonyl (C=O) groups is 3. The molecule has 0 aromatic carbocycles. The number of aromatic nitrogens is 2. The van der Waals surface area contributed by atoms with Gasteiger partial charge in [0.1, 0.15) is 5.82 Å². The summed E-state index contributed by atoms with van der Waals surface area (Å²) < 4.78 is 0. The number of aromatic amines is 1. The number of hydrogen-bond donors (Lipinski definition) is 5. The molecule has 2 fully saturated rings. The molecule has 0 spiro atoms. The van der Waals surface area contributed by atoms with E-state index in [0.29, 0.717) is 30.5 Å². The van der Waals surface area contributed by atoms with Gasteiger partial charge in [-0.25, -0.2) is 4.98 Å². The monoisotopic (exact) mass is 453 g/mol. The van der Waals surface area contributed by atoms with Gasteiger partial charge in [-0.1, -0.05) is 0 Å². The largest absolute Gasteiger partial charge is 0.481 e. The fourth-order valence-corrected chi connectivity index (χ4v) is 3.58. The Hall–Kier alpha value is -2.79. The molecule has 11 heteroatoms. The minimum atomic E-state index is -0.833. The Morgan fingerprint density at radius 2 is 1.72 bits per heavy atom. The quantitative estimate of drug-likeness (QED) is 0.392. The molecular formula is C21H35N5O6. The second-order valence-electron chi connectivity index (χ2n) is 8.11. The van der Waals surface area contributed by atoms with Gasteiger partial charge in [-0.05, 0) is 38.5 Å². The van der Waals surface area contributed by atoms with Crippen molar-refractivity contribution in [1.82, 2.24) is 20.2 Å². The van der Waals surface area contributed by atoms with Crippen molar-refractivity contribution in [1.29, 1.82) is 0 Å². The van der Waals surface area contributed by atoms with E-state index in [1.54, 1.807) is 6.92 Å². The smallest absolute Gasteiger partial charge is 0.300 e. The van der Waals surface area contributed by atoms with Crippen LogP contribution in [0.3, 0.4) is 0 Å². The Labute approximate surface area is 187 Å². The lowest BCUT2D eigenvalue weighted by atomic mass is 10.1. The van der Waals surface area contributed by atoms with E-state index in [9.17, 15) is 9.59 Å². The third-order valence-electron chi connectivity index (χ3n) is 5.00. The summed E-state index contributed by atoms with van der Waals surface area (Å²) in [6.07, 6.45) is 5.20. The van der Waals surface area contributed by atoms with Crippen LogP contribution in [0.15, 0.2) is 10.9 Å². The number of nitrogens with one attached hydrogen (secondary N) is 2. The van der Waals surface area contributed by atoms with Crippen molar-refractivity contribution in [2.75, 3.05) is 13.1 Å². The molecule has 1 aromatic heterocycles. The number of amides is 1. The molecule has 11 nitrogen and oxygen atoms in total. The van der Waals surface area contributed by atoms with Gasteiger partial charge in [0.15, 0.2) is 0 Å². The van der Waals surface area contributed by atoms with Crippen molar-refractivity contribution in [3.63, 3.8) is 0 Å². The first kappa shape index (κ1) is 27.2. The predicted molar refractivity (Wildman–Crippen MR) is 118 cm³/mol. The highest BCUT2D eigenvalue weighted by Crippen LogP contribution is 2.35. The van der Waals surface area contributed by atoms with Gasteiger partial charge in [0, 0.05) is 57.2 Å². The minimum Gasteiger partial charge on any atom is -0.481 e. The van der Waals surface area contributed by atoms with Gasteiger partial charge in [-0.2, -0.15) is 0 Å². The predicted octanol–water partition coefficient (Wildman–Crippen LogP) is 0.468. The molecule has 1 saturated heterocycles. The number of rotatable bonds is 7. The fraction of sp³-hybridized carbons (Fsp3) is 0.667. The summed E-state index contributed by atoms with van der Waals surface area (Å²) in [6.45, 7) is 5.93. The summed E-state index contributed by atoms with van der Waals surface area (Å²) >= 11 is 0. The zero-order valence-electron chi connectivity index (χ0n) is 19.0. The van der Waals surface area contributed by atoms with Crippen LogP contribution >= 0.6 is 0 Å². The highest BCUT2D eigenvalue weighted by atomic mass is 16.4. The SMILES string of the molecule is CC(=O)O.CC(=O)O.Cc1cc(=O)[nH]c(CNC(=O)C[C@@H]2CC[C@H](CN)N2CC2CC2)n1. The number of carboxylic acids is 2. The Balaban J connectivity index is 0.000000554. The third kappa shape index (κ3) is 11.6. The van der Waals surface area contributed by atoms with E-state index < -0.39 is 11.9 Å². The van der Waals surface area contributed by atoms with Crippen LogP contribution in [-0.4, -0.2) is 68.1 Å². The number of likely N-dealkylation sites (tertiary alicyclic amines) is 1. The first-order valence-electron chi connectivity index (χ1n) is 10.7. The molecule has 0 bridgehead atoms. The molecular weight excluding hydrogens is 418 g/mol. The van der Waals surface area contributed by atoms with Gasteiger partial charge in [-0.3, -0.25) is 24.1 Å². The summed E-state index contributed by atoms with van der Waals surface area (Å²) in [7, 11) is 0. The van der Waals surface area contributed by atoms with Crippen molar-refractivity contribution < 1.29 is 24.6 Å². The lowest BCUT2D eigenvalue weighted by Crippen LogP contribution is -2.43. The molecule has 180 valence electrons. The number of aryl methyl sites for hydroxylation is 1. The highest BCUT2D eigenvalue weighted by Gasteiger charge is 2.37. The van der Waals surface area contributed by atoms with Crippen molar-refractivity contribution in [2.45, 2.75) is 71.5 Å². The molecule has 1 aromatic rings. The molecule has 2 aliphatic rings. The van der Waals surface area contributed by atoms with E-state index in [-0.39, 0.29) is 24.1 Å². The number of nitrogens with two attached hydrogens (primary N) is 1. The Kier molecular flexibility index (Phi) is 11.6. The molecule has 1 aliphatic carbocycles. The van der Waals surface area contributed by atoms with Gasteiger partial charge < -0.3 is 26.2 Å². The topological polar surface area (TPSA) is 179 Å². The van der Waals surface area contributed by atoms with E-state index in [1.807, 2.05) is 0 Å². The van der Waals surface area contributed by atoms with E-state index >= 15 is 0 Å². The van der Waals surface area contributed by atoms with E-state index in [4.69, 9.17) is 25.5 Å². The Bertz CT molecular complexity index is 803. The van der Waals surface area contributed by atoms with Crippen molar-refractivity contribution in [3.8, 4) is 0 Å². The highest BCUT2D eigenvalue weighted by molar-refractivity contribution is 5.76. The Morgan fingerprint density at radius 1 is 1.16 bits per heavy atom. The summed E-state index contributed by atoms with van der Waals surface area (Å²) in [4.78, 5) is 51.0. The summed E-state index contributed by atoms with van der Waals surface area (Å²) in [5.74, 6) is -0.374. The van der Waals surface area contributed by atoms with Crippen LogP contribution in [0.25, 0.3) is 0 Å². The lowest BCUT2D eigenvalue weighted by molar-refractivity contribution is -0.135. The first-order valence-corrected chi connectivity index (χ1v) is 10.7. The standard InChI is InChI=1S/C17H27N5O2.2C2H4O2/c1-11-6-17(24)21-15(20-11)9-19-16(23)7-13-4-5-14(8-18)22(13)10-12-2-3-12;2*1-2(3)4/h6,12-14H,2-5,7-10,18H2,1H3,(H,19,23)(H,20,21,24);2*1H3,(H,3,4)/t13-,14+;;/m0../s1. The molecule has 1 aliphatic heterocycles. The van der Waals surface area contributed by atoms with E-state index in [2.05, 4.69) is 20.2 Å². The molecule has 3 rings (SSSR count). The minimum absolute atomic E-state index is 0.00243. The number of H-pyrrole nitrogens is 1. The first-order chi connectivity index (χ1) is 15.0. The van der Waals surface area contributed by atoms with E-state index in [0.717, 1.165) is 39.2 Å². The molecule has 2 atom stereocenters. The van der Waals surface area contributed by atoms with Crippen LogP contribution in [0.1, 0.15) is 57.5 Å². The number of nitrogens with zero attached hydrogens (tertiary/aromatic N) is 2. The van der Waals surface area contributed by atoms with Crippen molar-refractivity contribution in [2.24, 2.45) is 11.7 Å². The normalized spacial score (nSPS) is 19.8. The van der Waals surface area contributed by atoms with Gasteiger partial charge in [-0.15, -0.1) is 0 Å². The van der Waals surface area contributed by atoms with Gasteiger partial charge >= 0.3 is 0 Å². The molecule has 0 radical (unpaired) electrons. The Morgan fingerprint density at radius 3 is 2.22 bits per heavy atom. The second kappa shape index (κ2) is 13.6. The molecule has 2 heterocycles. The summed E-state index contributed by atoms with van der Waals surface area (Å²) in [5, 5.41) is 17.7. The average molecular weight is 454 g/mol. The van der Waals surface area contributed by atoms with Gasteiger partial charge in [0.2, 0.25) is 5.91 Å². The third-order valence-corrected chi connectivity index (χ3v) is 5.00. The number of carboxylic acid groups (broad SMARTS) is 2. The van der Waals surface area contributed by atoms with Crippen LogP contribution in [0.5, 0.6) is 0 Å². The molecule has 1 saturated carbocycles. The maximum absolute atomic E-state index is 12.3. The van der Waals surface area contributed by atoms with Crippen LogP contribution in [0, 0.1) is 12.8 Å². The maximum Gasteiger partial charge on any atom is 0.300 e. The molecule has 32 heavy (non-hydrogen) atoms. The fourth-order valence-electron chi connectivity index (χ4n) is 3.58. The van der Waals surface area contributed by atoms with Crippen molar-refractivity contribution >= 4 is 17.8 Å². The summed E-state index contributed by atoms with van der Waals surface area (Å²) in [5.41, 5.74) is 6.35. The number of hydrogen-bond acceptors (Lipinski definition) is 7. The van der Waals surface area contributed by atoms with Crippen LogP contribution in [-0.2, 0) is 20.9 Å². The lowest BCUT2D eigenvalue weighted by Gasteiger charge is -2.29. The molecule has 6 N–H and O–H groups in total. The van der Waals surface area contributed by atoms with Gasteiger partial charge in [0.05, 0.1) is 6.54 Å². The van der Waals surface area contributed by atoms with Gasteiger partial charge in [0.25, 0.3) is 17.5 Å². The summed E-state index contributed by atoms with van der Waals surface area (Å²) in [6, 6.07) is 2.13. The average Bonchev–Trinajstić information content (AvgIpc) is 3.40. The van der Waals surface area contributed by atoms with Crippen LogP contribution in [0.2, 0.25) is 0 Å². The number of aliphatic carboxylic acids is 2.